The molecule has 1 atom stereocenters. The van der Waals surface area contributed by atoms with Gasteiger partial charge in [-0.1, -0.05) is 24.2 Å². The van der Waals surface area contributed by atoms with Crippen molar-refractivity contribution in [3.8, 4) is 0 Å². The Hall–Kier alpha value is -1.47. The molecular weight excluding hydrogens is 302 g/mol. The highest BCUT2D eigenvalue weighted by atomic mass is 32.1. The number of carbonyl (C=O) groups excluding carboxylic acids is 1. The van der Waals surface area contributed by atoms with Gasteiger partial charge < -0.3 is 4.74 Å². The van der Waals surface area contributed by atoms with Gasteiger partial charge in [-0.3, -0.25) is 9.69 Å². The van der Waals surface area contributed by atoms with E-state index < -0.39 is 5.97 Å². The Labute approximate surface area is 132 Å². The summed E-state index contributed by atoms with van der Waals surface area (Å²) >= 11 is 1.27. The average Bonchev–Trinajstić information content (AvgIpc) is 2.74. The first-order valence-corrected chi connectivity index (χ1v) is 8.69. The molecule has 1 aromatic heterocycles. The molecule has 1 fully saturated rings. The number of methoxy groups -OCH3 is 1. The highest BCUT2D eigenvalue weighted by Crippen LogP contribution is 2.15. The van der Waals surface area contributed by atoms with Crippen LogP contribution in [0.5, 0.6) is 0 Å². The average molecular weight is 324 g/mol. The topological polar surface area (TPSA) is 65.1 Å². The van der Waals surface area contributed by atoms with Crippen LogP contribution in [-0.4, -0.2) is 30.4 Å². The number of thiazole rings is 1. The number of nitrogens with zero attached hydrogens (tertiary/aromatic N) is 2. The molecule has 3 rings (SSSR count). The van der Waals surface area contributed by atoms with Gasteiger partial charge in [0.1, 0.15) is 4.53 Å². The Balaban J connectivity index is 1.85. The molecule has 6 nitrogen and oxygen atoms in total. The molecule has 1 N–H and O–H groups in total. The number of hydrogen-bond acceptors (Lipinski definition) is 5. The predicted octanol–water partition coefficient (Wildman–Crippen LogP) is -0.981. The maximum atomic E-state index is 12.4. The lowest BCUT2D eigenvalue weighted by Crippen LogP contribution is -3.16. The zero-order chi connectivity index (χ0) is 15.5. The summed E-state index contributed by atoms with van der Waals surface area (Å²) in [6, 6.07) is 0.597. The molecule has 0 aromatic carbocycles. The van der Waals surface area contributed by atoms with Crippen molar-refractivity contribution in [3.05, 3.63) is 19.7 Å². The summed E-state index contributed by atoms with van der Waals surface area (Å²) in [5.74, 6) is -0.496. The van der Waals surface area contributed by atoms with E-state index in [0.717, 1.165) is 11.5 Å². The first kappa shape index (κ1) is 15.4. The van der Waals surface area contributed by atoms with Crippen LogP contribution in [0.2, 0.25) is 0 Å². The van der Waals surface area contributed by atoms with Crippen molar-refractivity contribution < 1.29 is 14.4 Å². The second kappa shape index (κ2) is 6.75. The van der Waals surface area contributed by atoms with Crippen LogP contribution in [0.25, 0.3) is 6.08 Å². The molecule has 1 aliphatic carbocycles. The zero-order valence-corrected chi connectivity index (χ0v) is 13.7. The maximum absolute atomic E-state index is 12.4. The summed E-state index contributed by atoms with van der Waals surface area (Å²) in [7, 11) is 1.31. The Morgan fingerprint density at radius 3 is 2.77 bits per heavy atom. The van der Waals surface area contributed by atoms with E-state index in [2.05, 4.69) is 9.73 Å². The normalized spacial score (nSPS) is 23.5. The zero-order valence-electron chi connectivity index (χ0n) is 12.8. The first-order chi connectivity index (χ1) is 10.7. The van der Waals surface area contributed by atoms with Gasteiger partial charge >= 0.3 is 5.97 Å². The fourth-order valence-electron chi connectivity index (χ4n) is 3.30. The summed E-state index contributed by atoms with van der Waals surface area (Å²) in [5, 5.41) is 0. The Bertz CT molecular complexity index is 713. The number of quaternary nitrogens is 1. The molecular formula is C15H22N3O3S+. The molecule has 22 heavy (non-hydrogen) atoms. The number of rotatable bonds is 2. The molecule has 0 bridgehead atoms. The van der Waals surface area contributed by atoms with Gasteiger partial charge in [0.05, 0.1) is 13.2 Å². The number of hydrogen-bond donors (Lipinski definition) is 1. The van der Waals surface area contributed by atoms with E-state index in [1.807, 2.05) is 0 Å². The van der Waals surface area contributed by atoms with Gasteiger partial charge in [-0.15, -0.1) is 0 Å². The standard InChI is InChI=1S/C15H21N3O3S/c1-21-13(19)8-12-14(20)18-10-17(9-16-15(18)22-12)11-6-4-2-3-5-7-11/h8,11H,2-7,9-10H2,1H3/p+1/b12-8-. The van der Waals surface area contributed by atoms with Crippen LogP contribution in [0.1, 0.15) is 38.5 Å². The number of ether oxygens (including phenoxy) is 1. The van der Waals surface area contributed by atoms with Gasteiger partial charge in [-0.25, -0.2) is 14.4 Å². The van der Waals surface area contributed by atoms with Crippen molar-refractivity contribution in [1.29, 1.82) is 0 Å². The van der Waals surface area contributed by atoms with Gasteiger partial charge in [0, 0.05) is 6.08 Å². The minimum atomic E-state index is -0.496. The lowest BCUT2D eigenvalue weighted by Gasteiger charge is -2.28. The number of carbonyl (C=O) groups is 1. The Kier molecular flexibility index (Phi) is 4.73. The molecule has 0 radical (unpaired) electrons. The lowest BCUT2D eigenvalue weighted by molar-refractivity contribution is -0.950. The van der Waals surface area contributed by atoms with Gasteiger partial charge in [-0.2, -0.15) is 0 Å². The Morgan fingerprint density at radius 2 is 2.09 bits per heavy atom. The third kappa shape index (κ3) is 3.15. The Morgan fingerprint density at radius 1 is 1.36 bits per heavy atom. The molecule has 1 saturated carbocycles. The van der Waals surface area contributed by atoms with Gasteiger partial charge in [0.2, 0.25) is 0 Å². The fraction of sp³-hybridized carbons (Fsp3) is 0.667. The summed E-state index contributed by atoms with van der Waals surface area (Å²) in [4.78, 5) is 30.4. The molecule has 1 aromatic rings. The van der Waals surface area contributed by atoms with E-state index >= 15 is 0 Å². The van der Waals surface area contributed by atoms with Gasteiger partial charge in [0.15, 0.2) is 18.1 Å². The molecule has 0 amide bonds. The van der Waals surface area contributed by atoms with Crippen LogP contribution in [0.3, 0.4) is 0 Å². The van der Waals surface area contributed by atoms with E-state index in [0.29, 0.717) is 17.2 Å². The van der Waals surface area contributed by atoms with E-state index in [1.165, 1.54) is 67.9 Å². The maximum Gasteiger partial charge on any atom is 0.332 e. The van der Waals surface area contributed by atoms with E-state index in [4.69, 9.17) is 0 Å². The second-order valence-corrected chi connectivity index (χ2v) is 6.98. The van der Waals surface area contributed by atoms with Crippen molar-refractivity contribution in [1.82, 2.24) is 4.57 Å². The van der Waals surface area contributed by atoms with Crippen molar-refractivity contribution in [2.45, 2.75) is 51.2 Å². The van der Waals surface area contributed by atoms with E-state index in [-0.39, 0.29) is 5.56 Å². The quantitative estimate of drug-likeness (QED) is 0.562. The highest BCUT2D eigenvalue weighted by Gasteiger charge is 2.27. The lowest BCUT2D eigenvalue weighted by atomic mass is 10.1. The smallest absolute Gasteiger partial charge is 0.332 e. The molecule has 120 valence electrons. The van der Waals surface area contributed by atoms with Crippen molar-refractivity contribution in [2.75, 3.05) is 13.8 Å². The van der Waals surface area contributed by atoms with Crippen LogP contribution in [-0.2, 0) is 16.2 Å². The van der Waals surface area contributed by atoms with Crippen LogP contribution in [0, 0.1) is 0 Å². The monoisotopic (exact) mass is 324 g/mol. The highest BCUT2D eigenvalue weighted by molar-refractivity contribution is 7.07. The molecule has 0 saturated heterocycles. The molecule has 0 spiro atoms. The molecule has 2 aliphatic rings. The third-order valence-electron chi connectivity index (χ3n) is 4.55. The predicted molar refractivity (Wildman–Crippen MR) is 83.2 cm³/mol. The number of fused-ring (bicyclic) bond motifs is 1. The molecule has 7 heteroatoms. The van der Waals surface area contributed by atoms with Crippen LogP contribution in [0.4, 0.5) is 0 Å². The number of esters is 1. The third-order valence-corrected chi connectivity index (χ3v) is 5.59. The van der Waals surface area contributed by atoms with Crippen LogP contribution < -0.4 is 19.8 Å². The largest absolute Gasteiger partial charge is 0.466 e. The minimum absolute atomic E-state index is 0.125. The van der Waals surface area contributed by atoms with Crippen LogP contribution >= 0.6 is 11.3 Å². The van der Waals surface area contributed by atoms with Crippen molar-refractivity contribution in [3.63, 3.8) is 0 Å². The first-order valence-electron chi connectivity index (χ1n) is 7.87. The number of nitrogens with one attached hydrogen (secondary N) is 1. The fourth-order valence-corrected chi connectivity index (χ4v) is 4.24. The summed E-state index contributed by atoms with van der Waals surface area (Å²) in [6.45, 7) is 1.39. The molecule has 1 unspecified atom stereocenters. The van der Waals surface area contributed by atoms with Crippen LogP contribution in [0.15, 0.2) is 9.79 Å². The van der Waals surface area contributed by atoms with E-state index in [9.17, 15) is 9.59 Å². The molecule has 1 aliphatic heterocycles. The van der Waals surface area contributed by atoms with Gasteiger partial charge in [-0.05, 0) is 25.7 Å². The summed E-state index contributed by atoms with van der Waals surface area (Å²) in [6.07, 6.45) is 8.91. The van der Waals surface area contributed by atoms with Crippen molar-refractivity contribution in [2.24, 2.45) is 4.99 Å². The SMILES string of the molecule is COC(=O)/C=c1\sc2n(c1=O)C[NH+](C1CCCCCC1)CN=2. The van der Waals surface area contributed by atoms with Crippen molar-refractivity contribution >= 4 is 23.4 Å². The second-order valence-electron chi connectivity index (χ2n) is 5.97. The molecule has 2 heterocycles. The van der Waals surface area contributed by atoms with E-state index in [1.54, 1.807) is 4.57 Å². The van der Waals surface area contributed by atoms with Gasteiger partial charge in [0.25, 0.3) is 5.56 Å². The summed E-state index contributed by atoms with van der Waals surface area (Å²) < 4.78 is 6.72. The minimum Gasteiger partial charge on any atom is -0.466 e. The number of aromatic nitrogens is 1. The summed E-state index contributed by atoms with van der Waals surface area (Å²) in [5.41, 5.74) is -0.125.